The molecule has 0 amide bonds. The van der Waals surface area contributed by atoms with Crippen LogP contribution >= 0.6 is 22.7 Å². The minimum Gasteiger partial charge on any atom is -0.398 e. The molecule has 0 unspecified atom stereocenters. The van der Waals surface area contributed by atoms with Gasteiger partial charge in [-0.05, 0) is 45.8 Å². The van der Waals surface area contributed by atoms with E-state index in [9.17, 15) is 0 Å². The molecule has 0 aliphatic carbocycles. The van der Waals surface area contributed by atoms with Gasteiger partial charge in [-0.1, -0.05) is 36.4 Å². The number of hydrogen-bond acceptors (Lipinski definition) is 5. The largest absolute Gasteiger partial charge is 0.398 e. The van der Waals surface area contributed by atoms with Crippen molar-refractivity contribution in [3.05, 3.63) is 71.4 Å². The van der Waals surface area contributed by atoms with Crippen molar-refractivity contribution in [2.24, 2.45) is 0 Å². The lowest BCUT2D eigenvalue weighted by molar-refractivity contribution is -0.141. The Hall–Kier alpha value is -2.50. The van der Waals surface area contributed by atoms with Crippen LogP contribution in [-0.2, 0) is 14.3 Å². The molecule has 2 aromatic heterocycles. The third-order valence-corrected chi connectivity index (χ3v) is 4.63. The highest BCUT2D eigenvalue weighted by Gasteiger charge is 1.88. The zero-order valence-corrected chi connectivity index (χ0v) is 13.8. The molecule has 23 heavy (non-hydrogen) atoms. The zero-order chi connectivity index (χ0) is 16.3. The van der Waals surface area contributed by atoms with Crippen molar-refractivity contribution in [1.82, 2.24) is 0 Å². The lowest BCUT2D eigenvalue weighted by Crippen LogP contribution is -1.77. The van der Waals surface area contributed by atoms with Crippen LogP contribution in [0.1, 0.15) is 0 Å². The fourth-order valence-electron chi connectivity index (χ4n) is 1.84. The number of carbonyl (C=O) groups excluding carboxylic acids is 2. The van der Waals surface area contributed by atoms with Crippen LogP contribution in [0.4, 0.5) is 0 Å². The van der Waals surface area contributed by atoms with Crippen LogP contribution in [-0.4, -0.2) is 12.9 Å². The van der Waals surface area contributed by atoms with Gasteiger partial charge in [-0.2, -0.15) is 0 Å². The van der Waals surface area contributed by atoms with Gasteiger partial charge < -0.3 is 4.74 Å². The van der Waals surface area contributed by atoms with Crippen molar-refractivity contribution in [2.75, 3.05) is 0 Å². The van der Waals surface area contributed by atoms with E-state index in [1.807, 2.05) is 0 Å². The summed E-state index contributed by atoms with van der Waals surface area (Å²) in [5.41, 5.74) is 0. The van der Waals surface area contributed by atoms with Crippen LogP contribution in [0.3, 0.4) is 0 Å². The van der Waals surface area contributed by atoms with Crippen LogP contribution < -0.4 is 0 Å². The molecule has 0 radical (unpaired) electrons. The lowest BCUT2D eigenvalue weighted by Gasteiger charge is -1.82. The first kappa shape index (κ1) is 16.9. The van der Waals surface area contributed by atoms with Gasteiger partial charge in [0, 0.05) is 9.40 Å². The standard InChI is InChI=1S/2C8H6S.C2H2O3/c2*1-2-4-8-7(3-1)5-6-9-8;3-1-5-2-4/h2*1-6H;1-2H. The van der Waals surface area contributed by atoms with E-state index in [-0.39, 0.29) is 12.9 Å². The van der Waals surface area contributed by atoms with Crippen LogP contribution in [0.15, 0.2) is 71.4 Å². The number of benzene rings is 2. The second-order valence-electron chi connectivity index (χ2n) is 4.25. The zero-order valence-electron chi connectivity index (χ0n) is 12.1. The first-order valence-corrected chi connectivity index (χ1v) is 8.48. The summed E-state index contributed by atoms with van der Waals surface area (Å²) < 4.78 is 6.22. The van der Waals surface area contributed by atoms with E-state index in [4.69, 9.17) is 9.59 Å². The number of hydrogen-bond donors (Lipinski definition) is 0. The second-order valence-corrected chi connectivity index (χ2v) is 6.14. The van der Waals surface area contributed by atoms with Crippen LogP contribution in [0.25, 0.3) is 20.2 Å². The Morgan fingerprint density at radius 1 is 0.652 bits per heavy atom. The fraction of sp³-hybridized carbons (Fsp3) is 0. The fourth-order valence-corrected chi connectivity index (χ4v) is 3.42. The molecule has 0 fully saturated rings. The van der Waals surface area contributed by atoms with Gasteiger partial charge in [0.2, 0.25) is 0 Å². The predicted molar refractivity (Wildman–Crippen MR) is 96.9 cm³/mol. The molecule has 0 spiro atoms. The summed E-state index contributed by atoms with van der Waals surface area (Å²) in [6.45, 7) is 0.125. The molecule has 4 rings (SSSR count). The highest BCUT2D eigenvalue weighted by atomic mass is 32.1. The van der Waals surface area contributed by atoms with E-state index in [0.717, 1.165) is 0 Å². The summed E-state index contributed by atoms with van der Waals surface area (Å²) in [6, 6.07) is 21.1. The topological polar surface area (TPSA) is 43.4 Å². The molecule has 0 saturated carbocycles. The molecule has 0 bridgehead atoms. The van der Waals surface area contributed by atoms with Gasteiger partial charge in [0.05, 0.1) is 0 Å². The molecule has 4 aromatic rings. The number of carbonyl (C=O) groups is 2. The molecule has 0 saturated heterocycles. The minimum atomic E-state index is 0.0625. The maximum absolute atomic E-state index is 8.95. The van der Waals surface area contributed by atoms with E-state index in [2.05, 4.69) is 76.2 Å². The molecular formula is C18H14O3S2. The van der Waals surface area contributed by atoms with Crippen molar-refractivity contribution in [3.63, 3.8) is 0 Å². The van der Waals surface area contributed by atoms with E-state index in [1.54, 1.807) is 22.7 Å². The summed E-state index contributed by atoms with van der Waals surface area (Å²) in [6.07, 6.45) is 0. The number of rotatable bonds is 2. The van der Waals surface area contributed by atoms with Crippen molar-refractivity contribution < 1.29 is 14.3 Å². The normalized spacial score (nSPS) is 9.22. The van der Waals surface area contributed by atoms with E-state index in [0.29, 0.717) is 0 Å². The highest BCUT2D eigenvalue weighted by molar-refractivity contribution is 7.17. The van der Waals surface area contributed by atoms with Gasteiger partial charge >= 0.3 is 12.9 Å². The summed E-state index contributed by atoms with van der Waals surface area (Å²) in [5.74, 6) is 0. The maximum atomic E-state index is 8.95. The average Bonchev–Trinajstić information content (AvgIpc) is 3.26. The minimum absolute atomic E-state index is 0.0625. The highest BCUT2D eigenvalue weighted by Crippen LogP contribution is 2.19. The van der Waals surface area contributed by atoms with Crippen molar-refractivity contribution in [2.45, 2.75) is 0 Å². The Labute approximate surface area is 141 Å². The molecule has 2 heterocycles. The first-order chi connectivity index (χ1) is 11.3. The van der Waals surface area contributed by atoms with Crippen molar-refractivity contribution in [1.29, 1.82) is 0 Å². The summed E-state index contributed by atoms with van der Waals surface area (Å²) in [4.78, 5) is 17.9. The molecule has 0 N–H and O–H groups in total. The second kappa shape index (κ2) is 9.50. The van der Waals surface area contributed by atoms with Crippen LogP contribution in [0.5, 0.6) is 0 Å². The Bertz CT molecular complexity index is 732. The first-order valence-electron chi connectivity index (χ1n) is 6.72. The monoisotopic (exact) mass is 342 g/mol. The third kappa shape index (κ3) is 5.32. The lowest BCUT2D eigenvalue weighted by atomic mass is 10.3. The molecule has 0 aliphatic heterocycles. The Kier molecular flexibility index (Phi) is 6.97. The molecular weight excluding hydrogens is 328 g/mol. The molecule has 116 valence electrons. The molecule has 0 aliphatic rings. The quantitative estimate of drug-likeness (QED) is 0.375. The molecule has 2 aromatic carbocycles. The Morgan fingerprint density at radius 3 is 1.43 bits per heavy atom. The Morgan fingerprint density at radius 2 is 1.09 bits per heavy atom. The van der Waals surface area contributed by atoms with Gasteiger partial charge in [-0.25, -0.2) is 0 Å². The number of thiophene rings is 2. The number of ether oxygens (including phenoxy) is 1. The number of fused-ring (bicyclic) bond motifs is 2. The van der Waals surface area contributed by atoms with Crippen LogP contribution in [0.2, 0.25) is 0 Å². The van der Waals surface area contributed by atoms with Gasteiger partial charge in [0.25, 0.3) is 0 Å². The SMILES string of the molecule is O=COC=O.c1ccc2sccc2c1.c1ccc2sccc2c1. The van der Waals surface area contributed by atoms with Crippen molar-refractivity contribution >= 4 is 55.8 Å². The van der Waals surface area contributed by atoms with E-state index in [1.165, 1.54) is 20.2 Å². The summed E-state index contributed by atoms with van der Waals surface area (Å²) in [5, 5.41) is 6.93. The Balaban J connectivity index is 0.000000132. The predicted octanol–water partition coefficient (Wildman–Crippen LogP) is 5.12. The average molecular weight is 342 g/mol. The van der Waals surface area contributed by atoms with Crippen molar-refractivity contribution in [3.8, 4) is 0 Å². The van der Waals surface area contributed by atoms with Crippen LogP contribution in [0, 0.1) is 0 Å². The van der Waals surface area contributed by atoms with Gasteiger partial charge in [-0.15, -0.1) is 22.7 Å². The van der Waals surface area contributed by atoms with Gasteiger partial charge in [0.1, 0.15) is 0 Å². The molecule has 5 heteroatoms. The smallest absolute Gasteiger partial charge is 0.300 e. The maximum Gasteiger partial charge on any atom is 0.300 e. The van der Waals surface area contributed by atoms with Gasteiger partial charge in [0.15, 0.2) is 0 Å². The molecule has 3 nitrogen and oxygen atoms in total. The summed E-state index contributed by atoms with van der Waals surface area (Å²) in [7, 11) is 0. The van der Waals surface area contributed by atoms with Gasteiger partial charge in [-0.3, -0.25) is 9.59 Å². The van der Waals surface area contributed by atoms with E-state index < -0.39 is 0 Å². The summed E-state index contributed by atoms with van der Waals surface area (Å²) >= 11 is 3.57. The molecule has 0 atom stereocenters. The van der Waals surface area contributed by atoms with E-state index >= 15 is 0 Å². The third-order valence-electron chi connectivity index (χ3n) is 2.83.